The minimum atomic E-state index is -1.15. The van der Waals surface area contributed by atoms with Gasteiger partial charge in [-0.05, 0) is 53.3 Å². The van der Waals surface area contributed by atoms with E-state index >= 15 is 0 Å². The lowest BCUT2D eigenvalue weighted by molar-refractivity contribution is -0.143. The second-order valence-electron chi connectivity index (χ2n) is 8.88. The van der Waals surface area contributed by atoms with Gasteiger partial charge in [0, 0.05) is 28.7 Å². The van der Waals surface area contributed by atoms with Gasteiger partial charge in [-0.25, -0.2) is 9.59 Å². The summed E-state index contributed by atoms with van der Waals surface area (Å²) in [6, 6.07) is 21.0. The van der Waals surface area contributed by atoms with Gasteiger partial charge in [-0.3, -0.25) is 10.1 Å². The first kappa shape index (κ1) is 23.1. The van der Waals surface area contributed by atoms with Crippen molar-refractivity contribution in [2.75, 3.05) is 19.0 Å². The molecule has 5 rings (SSSR count). The standard InChI is InChI=1S/C27H23BrN2O5/c1-30(27(10-11-27)25(32)33)24(31)16-12-17(28)14-18(13-16)29-26(34)35-15-23-21-8-4-2-6-19(21)20-7-3-5-9-22(20)23/h2-9,12-14,23H,10-11,15H2,1H3,(H,29,34)(H,32,33). The third-order valence-electron chi connectivity index (χ3n) is 6.80. The second-order valence-corrected chi connectivity index (χ2v) is 9.80. The molecule has 0 unspecified atom stereocenters. The van der Waals surface area contributed by atoms with Crippen LogP contribution in [0.1, 0.15) is 40.2 Å². The summed E-state index contributed by atoms with van der Waals surface area (Å²) < 4.78 is 6.16. The number of anilines is 1. The van der Waals surface area contributed by atoms with E-state index in [1.54, 1.807) is 12.1 Å². The number of carbonyl (C=O) groups is 3. The van der Waals surface area contributed by atoms with E-state index in [0.29, 0.717) is 23.0 Å². The predicted molar refractivity (Wildman–Crippen MR) is 135 cm³/mol. The molecule has 3 aromatic carbocycles. The average Bonchev–Trinajstić information content (AvgIpc) is 3.60. The van der Waals surface area contributed by atoms with Crippen LogP contribution in [-0.2, 0) is 9.53 Å². The topological polar surface area (TPSA) is 95.9 Å². The van der Waals surface area contributed by atoms with Gasteiger partial charge in [-0.2, -0.15) is 0 Å². The number of nitrogens with one attached hydrogen (secondary N) is 1. The lowest BCUT2D eigenvalue weighted by Gasteiger charge is -2.24. The van der Waals surface area contributed by atoms with Crippen molar-refractivity contribution in [3.63, 3.8) is 0 Å². The number of carboxylic acid groups (broad SMARTS) is 1. The van der Waals surface area contributed by atoms with Gasteiger partial charge in [0.15, 0.2) is 0 Å². The molecule has 178 valence electrons. The SMILES string of the molecule is CN(C(=O)c1cc(Br)cc(NC(=O)OCC2c3ccccc3-c3ccccc32)c1)C1(C(=O)O)CC1. The molecule has 2 aliphatic rings. The number of hydrogen-bond acceptors (Lipinski definition) is 4. The summed E-state index contributed by atoms with van der Waals surface area (Å²) in [6.07, 6.45) is 0.202. The Balaban J connectivity index is 1.29. The Morgan fingerprint density at radius 3 is 2.20 bits per heavy atom. The van der Waals surface area contributed by atoms with Crippen molar-refractivity contribution >= 4 is 39.6 Å². The number of nitrogens with zero attached hydrogens (tertiary/aromatic N) is 1. The highest BCUT2D eigenvalue weighted by Gasteiger charge is 2.55. The third-order valence-corrected chi connectivity index (χ3v) is 7.26. The Bertz CT molecular complexity index is 1310. The van der Waals surface area contributed by atoms with Gasteiger partial charge in [-0.15, -0.1) is 0 Å². The van der Waals surface area contributed by atoms with Crippen LogP contribution in [0.15, 0.2) is 71.2 Å². The number of amides is 2. The number of carboxylic acids is 1. The Labute approximate surface area is 210 Å². The summed E-state index contributed by atoms with van der Waals surface area (Å²) in [4.78, 5) is 38.5. The molecule has 8 heteroatoms. The van der Waals surface area contributed by atoms with Crippen molar-refractivity contribution < 1.29 is 24.2 Å². The normalized spacial score (nSPS) is 15.0. The molecule has 0 atom stereocenters. The van der Waals surface area contributed by atoms with E-state index in [2.05, 4.69) is 33.4 Å². The summed E-state index contributed by atoms with van der Waals surface area (Å²) in [5.74, 6) is -1.51. The summed E-state index contributed by atoms with van der Waals surface area (Å²) in [6.45, 7) is 0.170. The number of carbonyl (C=O) groups excluding carboxylic acids is 2. The quantitative estimate of drug-likeness (QED) is 0.435. The van der Waals surface area contributed by atoms with Crippen molar-refractivity contribution in [3.05, 3.63) is 87.9 Å². The first-order chi connectivity index (χ1) is 16.8. The van der Waals surface area contributed by atoms with Gasteiger partial charge >= 0.3 is 12.1 Å². The minimum absolute atomic E-state index is 0.0628. The molecule has 2 aliphatic carbocycles. The van der Waals surface area contributed by atoms with Crippen molar-refractivity contribution in [1.82, 2.24) is 4.90 Å². The molecule has 0 aliphatic heterocycles. The maximum absolute atomic E-state index is 13.0. The van der Waals surface area contributed by atoms with E-state index in [0.717, 1.165) is 22.3 Å². The molecule has 3 aromatic rings. The number of fused-ring (bicyclic) bond motifs is 3. The van der Waals surface area contributed by atoms with Gasteiger partial charge in [0.1, 0.15) is 12.1 Å². The van der Waals surface area contributed by atoms with Crippen LogP contribution in [-0.4, -0.2) is 47.2 Å². The average molecular weight is 535 g/mol. The molecule has 2 amide bonds. The van der Waals surface area contributed by atoms with Crippen LogP contribution in [0, 0.1) is 0 Å². The van der Waals surface area contributed by atoms with E-state index in [1.165, 1.54) is 18.0 Å². The van der Waals surface area contributed by atoms with Gasteiger partial charge in [0.2, 0.25) is 0 Å². The molecular weight excluding hydrogens is 512 g/mol. The molecule has 0 bridgehead atoms. The molecule has 2 N–H and O–H groups in total. The fraction of sp³-hybridized carbons (Fsp3) is 0.222. The largest absolute Gasteiger partial charge is 0.479 e. The molecule has 7 nitrogen and oxygen atoms in total. The number of ether oxygens (including phenoxy) is 1. The van der Waals surface area contributed by atoms with Crippen LogP contribution in [0.4, 0.5) is 10.5 Å². The van der Waals surface area contributed by atoms with Gasteiger partial charge in [0.25, 0.3) is 5.91 Å². The summed E-state index contributed by atoms with van der Waals surface area (Å²) in [5, 5.41) is 12.2. The van der Waals surface area contributed by atoms with E-state index in [4.69, 9.17) is 4.74 Å². The van der Waals surface area contributed by atoms with Gasteiger partial charge in [0.05, 0.1) is 0 Å². The first-order valence-corrected chi connectivity index (χ1v) is 12.0. The maximum atomic E-state index is 13.0. The van der Waals surface area contributed by atoms with Crippen LogP contribution in [0.2, 0.25) is 0 Å². The number of halogens is 1. The van der Waals surface area contributed by atoms with Crippen molar-refractivity contribution in [1.29, 1.82) is 0 Å². The van der Waals surface area contributed by atoms with Gasteiger partial charge in [-0.1, -0.05) is 64.5 Å². The molecule has 0 heterocycles. The van der Waals surface area contributed by atoms with Crippen LogP contribution in [0.5, 0.6) is 0 Å². The lowest BCUT2D eigenvalue weighted by atomic mass is 9.98. The number of likely N-dealkylation sites (N-methyl/N-ethyl adjacent to an activating group) is 1. The molecule has 35 heavy (non-hydrogen) atoms. The molecule has 1 saturated carbocycles. The van der Waals surface area contributed by atoms with E-state index < -0.39 is 23.5 Å². The zero-order valence-corrected chi connectivity index (χ0v) is 20.5. The highest BCUT2D eigenvalue weighted by Crippen LogP contribution is 2.44. The Morgan fingerprint density at radius 1 is 1.03 bits per heavy atom. The van der Waals surface area contributed by atoms with Crippen LogP contribution in [0.25, 0.3) is 11.1 Å². The molecule has 0 radical (unpaired) electrons. The van der Waals surface area contributed by atoms with E-state index in [1.807, 2.05) is 36.4 Å². The smallest absolute Gasteiger partial charge is 0.411 e. The zero-order valence-electron chi connectivity index (χ0n) is 19.0. The number of benzene rings is 3. The van der Waals surface area contributed by atoms with Crippen LogP contribution in [0.3, 0.4) is 0 Å². The molecule has 0 spiro atoms. The molecular formula is C27H23BrN2O5. The Kier molecular flexibility index (Phi) is 5.84. The fourth-order valence-electron chi connectivity index (χ4n) is 4.74. The second kappa shape index (κ2) is 8.85. The van der Waals surface area contributed by atoms with Crippen LogP contribution < -0.4 is 5.32 Å². The van der Waals surface area contributed by atoms with Gasteiger partial charge < -0.3 is 14.7 Å². The van der Waals surface area contributed by atoms with Crippen molar-refractivity contribution in [2.45, 2.75) is 24.3 Å². The zero-order chi connectivity index (χ0) is 24.7. The highest BCUT2D eigenvalue weighted by atomic mass is 79.9. The number of hydrogen-bond donors (Lipinski definition) is 2. The maximum Gasteiger partial charge on any atom is 0.411 e. The summed E-state index contributed by atoms with van der Waals surface area (Å²) >= 11 is 3.37. The van der Waals surface area contributed by atoms with Crippen LogP contribution >= 0.6 is 15.9 Å². The van der Waals surface area contributed by atoms with Crippen molar-refractivity contribution in [2.24, 2.45) is 0 Å². The first-order valence-electron chi connectivity index (χ1n) is 11.2. The summed E-state index contributed by atoms with van der Waals surface area (Å²) in [7, 11) is 1.49. The predicted octanol–water partition coefficient (Wildman–Crippen LogP) is 5.50. The van der Waals surface area contributed by atoms with E-state index in [9.17, 15) is 19.5 Å². The van der Waals surface area contributed by atoms with E-state index in [-0.39, 0.29) is 18.1 Å². The Morgan fingerprint density at radius 2 is 1.63 bits per heavy atom. The number of rotatable bonds is 6. The number of aliphatic carboxylic acids is 1. The molecule has 1 fully saturated rings. The minimum Gasteiger partial charge on any atom is -0.479 e. The highest BCUT2D eigenvalue weighted by molar-refractivity contribution is 9.10. The lowest BCUT2D eigenvalue weighted by Crippen LogP contribution is -2.44. The third kappa shape index (κ3) is 4.18. The monoisotopic (exact) mass is 534 g/mol. The molecule has 0 aromatic heterocycles. The van der Waals surface area contributed by atoms with Crippen molar-refractivity contribution in [3.8, 4) is 11.1 Å². The summed E-state index contributed by atoms with van der Waals surface area (Å²) in [5.41, 5.74) is 4.01. The fourth-order valence-corrected chi connectivity index (χ4v) is 5.23. The Hall–Kier alpha value is -3.65. The molecule has 0 saturated heterocycles.